The number of ether oxygens (including phenoxy) is 1. The molecule has 0 saturated heterocycles. The van der Waals surface area contributed by atoms with Crippen LogP contribution in [-0.4, -0.2) is 31.8 Å². The molecule has 80 valence electrons. The van der Waals surface area contributed by atoms with Crippen LogP contribution in [0.3, 0.4) is 0 Å². The largest absolute Gasteiger partial charge is 0.481 e. The molecule has 16 heavy (non-hydrogen) atoms. The quantitative estimate of drug-likeness (QED) is 0.722. The van der Waals surface area contributed by atoms with Crippen molar-refractivity contribution < 1.29 is 4.74 Å². The third kappa shape index (κ3) is 1.74. The summed E-state index contributed by atoms with van der Waals surface area (Å²) in [6, 6.07) is 3.35. The molecule has 0 unspecified atom stereocenters. The summed E-state index contributed by atoms with van der Waals surface area (Å²) in [5.41, 5.74) is 5.48. The lowest BCUT2D eigenvalue weighted by molar-refractivity contribution is 0.397. The molecule has 0 aliphatic carbocycles. The average Bonchev–Trinajstić information content (AvgIpc) is 2.76. The van der Waals surface area contributed by atoms with Crippen LogP contribution < -0.4 is 10.5 Å². The van der Waals surface area contributed by atoms with Crippen molar-refractivity contribution in [3.8, 4) is 17.8 Å². The van der Waals surface area contributed by atoms with Crippen LogP contribution in [0.5, 0.6) is 5.88 Å². The van der Waals surface area contributed by atoms with Crippen molar-refractivity contribution in [2.45, 2.75) is 0 Å². The molecule has 2 aromatic heterocycles. The molecule has 0 spiro atoms. The van der Waals surface area contributed by atoms with Gasteiger partial charge in [-0.3, -0.25) is 0 Å². The summed E-state index contributed by atoms with van der Waals surface area (Å²) in [6.45, 7) is 0. The predicted molar refractivity (Wildman–Crippen MR) is 52.6 cm³/mol. The molecular weight excluding hydrogens is 210 g/mol. The van der Waals surface area contributed by atoms with E-state index in [0.29, 0.717) is 11.7 Å². The summed E-state index contributed by atoms with van der Waals surface area (Å²) < 4.78 is 6.25. The van der Waals surface area contributed by atoms with Crippen LogP contribution in [0.25, 0.3) is 5.82 Å². The number of aromatic nitrogens is 5. The molecule has 2 rings (SSSR count). The van der Waals surface area contributed by atoms with Crippen LogP contribution in [0.1, 0.15) is 5.82 Å². The molecule has 8 heteroatoms. The number of nitriles is 1. The molecule has 0 bridgehead atoms. The topological polar surface area (TPSA) is 116 Å². The summed E-state index contributed by atoms with van der Waals surface area (Å²) in [5, 5.41) is 12.4. The molecule has 0 aliphatic heterocycles. The van der Waals surface area contributed by atoms with Gasteiger partial charge < -0.3 is 10.5 Å². The highest BCUT2D eigenvalue weighted by Crippen LogP contribution is 2.12. The van der Waals surface area contributed by atoms with Crippen LogP contribution in [0.2, 0.25) is 0 Å². The Labute approximate surface area is 90.3 Å². The zero-order valence-corrected chi connectivity index (χ0v) is 8.32. The molecule has 0 amide bonds. The SMILES string of the molecule is COc1cc(-n2cnc(C#N)n2)nc(N)n1. The molecule has 8 nitrogen and oxygen atoms in total. The van der Waals surface area contributed by atoms with Crippen molar-refractivity contribution in [3.05, 3.63) is 18.2 Å². The summed E-state index contributed by atoms with van der Waals surface area (Å²) in [5.74, 6) is 0.814. The van der Waals surface area contributed by atoms with E-state index >= 15 is 0 Å². The van der Waals surface area contributed by atoms with E-state index in [1.54, 1.807) is 0 Å². The van der Waals surface area contributed by atoms with Gasteiger partial charge in [0.1, 0.15) is 12.4 Å². The third-order valence-electron chi connectivity index (χ3n) is 1.74. The summed E-state index contributed by atoms with van der Waals surface area (Å²) in [6.07, 6.45) is 1.36. The number of anilines is 1. The number of nitrogens with zero attached hydrogens (tertiary/aromatic N) is 6. The van der Waals surface area contributed by atoms with Gasteiger partial charge in [0.25, 0.3) is 5.82 Å². The van der Waals surface area contributed by atoms with Gasteiger partial charge in [-0.2, -0.15) is 15.2 Å². The van der Waals surface area contributed by atoms with Gasteiger partial charge in [0, 0.05) is 6.07 Å². The summed E-state index contributed by atoms with van der Waals surface area (Å²) >= 11 is 0. The minimum absolute atomic E-state index is 0.0520. The lowest BCUT2D eigenvalue weighted by Crippen LogP contribution is -2.04. The van der Waals surface area contributed by atoms with E-state index in [2.05, 4.69) is 20.1 Å². The molecule has 0 saturated carbocycles. The van der Waals surface area contributed by atoms with E-state index in [1.807, 2.05) is 6.07 Å². The Bertz CT molecular complexity index is 556. The molecule has 0 radical (unpaired) electrons. The van der Waals surface area contributed by atoms with Crippen LogP contribution in [0, 0.1) is 11.3 Å². The van der Waals surface area contributed by atoms with E-state index in [9.17, 15) is 0 Å². The molecule has 0 fully saturated rings. The highest BCUT2D eigenvalue weighted by atomic mass is 16.5. The minimum atomic E-state index is 0.0520. The molecule has 0 atom stereocenters. The van der Waals surface area contributed by atoms with Gasteiger partial charge >= 0.3 is 0 Å². The molecule has 2 heterocycles. The first-order valence-electron chi connectivity index (χ1n) is 4.23. The zero-order chi connectivity index (χ0) is 11.5. The number of rotatable bonds is 2. The van der Waals surface area contributed by atoms with Crippen LogP contribution in [0.15, 0.2) is 12.4 Å². The second kappa shape index (κ2) is 3.82. The van der Waals surface area contributed by atoms with E-state index < -0.39 is 0 Å². The highest BCUT2D eigenvalue weighted by molar-refractivity contribution is 5.34. The first kappa shape index (κ1) is 9.85. The van der Waals surface area contributed by atoms with Gasteiger partial charge in [-0.1, -0.05) is 0 Å². The van der Waals surface area contributed by atoms with Gasteiger partial charge in [-0.25, -0.2) is 9.67 Å². The fraction of sp³-hybridized carbons (Fsp3) is 0.125. The van der Waals surface area contributed by atoms with Crippen molar-refractivity contribution in [2.24, 2.45) is 0 Å². The van der Waals surface area contributed by atoms with Crippen molar-refractivity contribution in [2.75, 3.05) is 12.8 Å². The zero-order valence-electron chi connectivity index (χ0n) is 8.32. The van der Waals surface area contributed by atoms with Crippen LogP contribution in [-0.2, 0) is 0 Å². The normalized spacial score (nSPS) is 9.75. The van der Waals surface area contributed by atoms with Crippen molar-refractivity contribution in [1.29, 1.82) is 5.26 Å². The van der Waals surface area contributed by atoms with Gasteiger partial charge in [0.2, 0.25) is 11.8 Å². The minimum Gasteiger partial charge on any atom is -0.481 e. The number of hydrogen-bond acceptors (Lipinski definition) is 7. The molecule has 2 N–H and O–H groups in total. The Kier molecular flexibility index (Phi) is 2.35. The average molecular weight is 217 g/mol. The van der Waals surface area contributed by atoms with Crippen molar-refractivity contribution >= 4 is 5.95 Å². The second-order valence-electron chi connectivity index (χ2n) is 2.75. The lowest BCUT2D eigenvalue weighted by Gasteiger charge is -2.03. The smallest absolute Gasteiger partial charge is 0.252 e. The Morgan fingerprint density at radius 3 is 2.94 bits per heavy atom. The van der Waals surface area contributed by atoms with Gasteiger partial charge in [-0.05, 0) is 0 Å². The van der Waals surface area contributed by atoms with Crippen molar-refractivity contribution in [3.63, 3.8) is 0 Å². The standard InChI is InChI=1S/C8H7N7O/c1-16-7-2-6(12-8(10)13-7)15-4-11-5(3-9)14-15/h2,4H,1H3,(H2,10,12,13). The Morgan fingerprint density at radius 1 is 1.50 bits per heavy atom. The molecular formula is C8H7N7O. The Morgan fingerprint density at radius 2 is 2.31 bits per heavy atom. The maximum absolute atomic E-state index is 8.58. The monoisotopic (exact) mass is 217 g/mol. The van der Waals surface area contributed by atoms with Gasteiger partial charge in [-0.15, -0.1) is 5.10 Å². The fourth-order valence-corrected chi connectivity index (χ4v) is 1.08. The van der Waals surface area contributed by atoms with Gasteiger partial charge in [0.05, 0.1) is 7.11 Å². The first-order valence-corrected chi connectivity index (χ1v) is 4.23. The lowest BCUT2D eigenvalue weighted by atomic mass is 10.5. The summed E-state index contributed by atoms with van der Waals surface area (Å²) in [4.78, 5) is 11.5. The Hall–Kier alpha value is -2.69. The van der Waals surface area contributed by atoms with Crippen LogP contribution >= 0.6 is 0 Å². The molecule has 2 aromatic rings. The molecule has 0 aliphatic rings. The van der Waals surface area contributed by atoms with E-state index in [0.717, 1.165) is 0 Å². The third-order valence-corrected chi connectivity index (χ3v) is 1.74. The maximum Gasteiger partial charge on any atom is 0.252 e. The van der Waals surface area contributed by atoms with E-state index in [1.165, 1.54) is 24.2 Å². The highest BCUT2D eigenvalue weighted by Gasteiger charge is 2.07. The van der Waals surface area contributed by atoms with E-state index in [-0.39, 0.29) is 11.8 Å². The van der Waals surface area contributed by atoms with Crippen LogP contribution in [0.4, 0.5) is 5.95 Å². The summed E-state index contributed by atoms with van der Waals surface area (Å²) in [7, 11) is 1.47. The van der Waals surface area contributed by atoms with E-state index in [4.69, 9.17) is 15.7 Å². The second-order valence-corrected chi connectivity index (χ2v) is 2.75. The Balaban J connectivity index is 2.47. The first-order chi connectivity index (χ1) is 7.72. The van der Waals surface area contributed by atoms with Crippen molar-refractivity contribution in [1.82, 2.24) is 24.7 Å². The molecule has 0 aromatic carbocycles. The predicted octanol–water partition coefficient (Wildman–Crippen LogP) is -0.480. The maximum atomic E-state index is 8.58. The number of hydrogen-bond donors (Lipinski definition) is 1. The number of methoxy groups -OCH3 is 1. The van der Waals surface area contributed by atoms with Gasteiger partial charge in [0.15, 0.2) is 5.82 Å². The fourth-order valence-electron chi connectivity index (χ4n) is 1.08. The number of nitrogens with two attached hydrogens (primary N) is 1. The number of nitrogen functional groups attached to an aromatic ring is 1.